The fourth-order valence-electron chi connectivity index (χ4n) is 1.78. The van der Waals surface area contributed by atoms with E-state index in [9.17, 15) is 0 Å². The molecule has 1 atom stereocenters. The lowest BCUT2D eigenvalue weighted by atomic mass is 10.1. The number of rotatable bonds is 6. The number of hydrogen-bond acceptors (Lipinski definition) is 3. The Bertz CT molecular complexity index is 433. The number of anilines is 1. The number of aromatic nitrogens is 2. The maximum atomic E-state index is 5.31. The third-order valence-electron chi connectivity index (χ3n) is 2.77. The van der Waals surface area contributed by atoms with Gasteiger partial charge in [0, 0.05) is 25.2 Å². The van der Waals surface area contributed by atoms with Crippen molar-refractivity contribution < 1.29 is 4.42 Å². The molecule has 0 aromatic carbocycles. The van der Waals surface area contributed by atoms with Crippen LogP contribution in [0.3, 0.4) is 0 Å². The highest BCUT2D eigenvalue weighted by molar-refractivity contribution is 5.39. The molecule has 92 valence electrons. The molecule has 0 aliphatic rings. The van der Waals surface area contributed by atoms with E-state index in [2.05, 4.69) is 24.3 Å². The van der Waals surface area contributed by atoms with Gasteiger partial charge in [0.1, 0.15) is 5.76 Å². The predicted octanol–water partition coefficient (Wildman–Crippen LogP) is 2.93. The quantitative estimate of drug-likeness (QED) is 0.834. The predicted molar refractivity (Wildman–Crippen MR) is 68.0 cm³/mol. The van der Waals surface area contributed by atoms with Crippen LogP contribution in [0.15, 0.2) is 35.2 Å². The van der Waals surface area contributed by atoms with E-state index in [0.29, 0.717) is 6.04 Å². The molecule has 4 heteroatoms. The lowest BCUT2D eigenvalue weighted by Gasteiger charge is -2.12. The Kier molecular flexibility index (Phi) is 3.85. The van der Waals surface area contributed by atoms with Crippen molar-refractivity contribution in [1.29, 1.82) is 0 Å². The van der Waals surface area contributed by atoms with Gasteiger partial charge in [-0.25, -0.2) is 0 Å². The van der Waals surface area contributed by atoms with Gasteiger partial charge in [-0.3, -0.25) is 4.68 Å². The summed E-state index contributed by atoms with van der Waals surface area (Å²) in [5, 5.41) is 7.67. The van der Waals surface area contributed by atoms with Crippen molar-refractivity contribution in [3.63, 3.8) is 0 Å². The first kappa shape index (κ1) is 11.8. The minimum atomic E-state index is 0.412. The zero-order valence-electron chi connectivity index (χ0n) is 10.4. The molecule has 2 aromatic rings. The summed E-state index contributed by atoms with van der Waals surface area (Å²) in [6.07, 6.45) is 7.63. The molecule has 2 heterocycles. The van der Waals surface area contributed by atoms with Gasteiger partial charge in [0.15, 0.2) is 0 Å². The molecule has 0 aliphatic heterocycles. The minimum Gasteiger partial charge on any atom is -0.469 e. The largest absolute Gasteiger partial charge is 0.469 e. The number of aryl methyl sites for hydroxylation is 2. The molecule has 1 N–H and O–H groups in total. The molecule has 0 saturated carbocycles. The molecule has 0 radical (unpaired) electrons. The number of hydrogen-bond donors (Lipinski definition) is 1. The molecule has 0 spiro atoms. The molecular formula is C13H19N3O. The maximum absolute atomic E-state index is 5.31. The van der Waals surface area contributed by atoms with Gasteiger partial charge < -0.3 is 9.73 Å². The summed E-state index contributed by atoms with van der Waals surface area (Å²) in [4.78, 5) is 0. The molecule has 0 fully saturated rings. The first-order chi connectivity index (χ1) is 8.28. The summed E-state index contributed by atoms with van der Waals surface area (Å²) in [6.45, 7) is 5.16. The van der Waals surface area contributed by atoms with E-state index >= 15 is 0 Å². The Morgan fingerprint density at radius 2 is 2.41 bits per heavy atom. The Labute approximate surface area is 102 Å². The Balaban J connectivity index is 1.78. The fraction of sp³-hybridized carbons (Fsp3) is 0.462. The summed E-state index contributed by atoms with van der Waals surface area (Å²) in [6, 6.07) is 4.36. The zero-order chi connectivity index (χ0) is 12.1. The van der Waals surface area contributed by atoms with Gasteiger partial charge in [-0.1, -0.05) is 0 Å². The highest BCUT2D eigenvalue weighted by atomic mass is 16.3. The smallest absolute Gasteiger partial charge is 0.103 e. The average Bonchev–Trinajstić information content (AvgIpc) is 2.97. The highest BCUT2D eigenvalue weighted by Crippen LogP contribution is 2.11. The lowest BCUT2D eigenvalue weighted by Crippen LogP contribution is -2.15. The van der Waals surface area contributed by atoms with Crippen LogP contribution >= 0.6 is 0 Å². The first-order valence-electron chi connectivity index (χ1n) is 6.09. The third kappa shape index (κ3) is 3.37. The van der Waals surface area contributed by atoms with E-state index in [0.717, 1.165) is 30.8 Å². The summed E-state index contributed by atoms with van der Waals surface area (Å²) in [7, 11) is 0. The maximum Gasteiger partial charge on any atom is 0.103 e. The third-order valence-corrected chi connectivity index (χ3v) is 2.77. The summed E-state index contributed by atoms with van der Waals surface area (Å²) >= 11 is 0. The Morgan fingerprint density at radius 3 is 3.06 bits per heavy atom. The first-order valence-corrected chi connectivity index (χ1v) is 6.09. The van der Waals surface area contributed by atoms with Crippen molar-refractivity contribution in [2.24, 2.45) is 0 Å². The Morgan fingerprint density at radius 1 is 1.53 bits per heavy atom. The van der Waals surface area contributed by atoms with E-state index in [1.807, 2.05) is 29.2 Å². The molecule has 0 bridgehead atoms. The molecule has 0 saturated heterocycles. The number of nitrogens with one attached hydrogen (secondary N) is 1. The summed E-state index contributed by atoms with van der Waals surface area (Å²) < 4.78 is 7.23. The van der Waals surface area contributed by atoms with Gasteiger partial charge >= 0.3 is 0 Å². The van der Waals surface area contributed by atoms with Gasteiger partial charge in [0.25, 0.3) is 0 Å². The molecular weight excluding hydrogens is 214 g/mol. The van der Waals surface area contributed by atoms with E-state index < -0.39 is 0 Å². The second-order valence-electron chi connectivity index (χ2n) is 4.25. The molecule has 0 aliphatic carbocycles. The average molecular weight is 233 g/mol. The Hall–Kier alpha value is -1.71. The molecule has 1 unspecified atom stereocenters. The monoisotopic (exact) mass is 233 g/mol. The highest BCUT2D eigenvalue weighted by Gasteiger charge is 2.05. The van der Waals surface area contributed by atoms with Gasteiger partial charge in [-0.05, 0) is 32.4 Å². The van der Waals surface area contributed by atoms with E-state index in [-0.39, 0.29) is 0 Å². The summed E-state index contributed by atoms with van der Waals surface area (Å²) in [5.41, 5.74) is 1.08. The van der Waals surface area contributed by atoms with Crippen LogP contribution in [0.5, 0.6) is 0 Å². The number of furan rings is 1. The van der Waals surface area contributed by atoms with Gasteiger partial charge in [-0.15, -0.1) is 0 Å². The van der Waals surface area contributed by atoms with Crippen molar-refractivity contribution in [3.05, 3.63) is 36.5 Å². The fourth-order valence-corrected chi connectivity index (χ4v) is 1.78. The van der Waals surface area contributed by atoms with E-state index in [4.69, 9.17) is 4.42 Å². The molecule has 17 heavy (non-hydrogen) atoms. The van der Waals surface area contributed by atoms with Crippen LogP contribution in [0, 0.1) is 0 Å². The van der Waals surface area contributed by atoms with Crippen LogP contribution in [0.25, 0.3) is 0 Å². The van der Waals surface area contributed by atoms with Crippen LogP contribution in [-0.2, 0) is 13.0 Å². The number of nitrogens with zero attached hydrogens (tertiary/aromatic N) is 2. The molecule has 2 rings (SSSR count). The van der Waals surface area contributed by atoms with Crippen molar-refractivity contribution in [1.82, 2.24) is 9.78 Å². The van der Waals surface area contributed by atoms with Gasteiger partial charge in [0.05, 0.1) is 18.1 Å². The lowest BCUT2D eigenvalue weighted by molar-refractivity contribution is 0.495. The zero-order valence-corrected chi connectivity index (χ0v) is 10.4. The molecule has 2 aromatic heterocycles. The standard InChI is InChI=1S/C13H19N3O/c1-3-16-10-12(9-14-16)15-11(2)6-7-13-5-4-8-17-13/h4-5,8-11,15H,3,6-7H2,1-2H3. The van der Waals surface area contributed by atoms with E-state index in [1.54, 1.807) is 6.26 Å². The van der Waals surface area contributed by atoms with Gasteiger partial charge in [0.2, 0.25) is 0 Å². The topological polar surface area (TPSA) is 43.0 Å². The van der Waals surface area contributed by atoms with Crippen molar-refractivity contribution >= 4 is 5.69 Å². The minimum absolute atomic E-state index is 0.412. The normalized spacial score (nSPS) is 12.6. The SMILES string of the molecule is CCn1cc(NC(C)CCc2ccco2)cn1. The van der Waals surface area contributed by atoms with Gasteiger partial charge in [-0.2, -0.15) is 5.10 Å². The summed E-state index contributed by atoms with van der Waals surface area (Å²) in [5.74, 6) is 1.04. The van der Waals surface area contributed by atoms with Crippen LogP contribution in [0.1, 0.15) is 26.0 Å². The van der Waals surface area contributed by atoms with Crippen molar-refractivity contribution in [3.8, 4) is 0 Å². The van der Waals surface area contributed by atoms with Crippen LogP contribution in [-0.4, -0.2) is 15.8 Å². The van der Waals surface area contributed by atoms with Crippen molar-refractivity contribution in [2.75, 3.05) is 5.32 Å². The van der Waals surface area contributed by atoms with E-state index in [1.165, 1.54) is 0 Å². The molecule has 0 amide bonds. The van der Waals surface area contributed by atoms with Crippen LogP contribution < -0.4 is 5.32 Å². The second kappa shape index (κ2) is 5.57. The van der Waals surface area contributed by atoms with Crippen LogP contribution in [0.4, 0.5) is 5.69 Å². The second-order valence-corrected chi connectivity index (χ2v) is 4.25. The van der Waals surface area contributed by atoms with Crippen LogP contribution in [0.2, 0.25) is 0 Å². The van der Waals surface area contributed by atoms with Crippen molar-refractivity contribution in [2.45, 2.75) is 39.3 Å². The molecule has 4 nitrogen and oxygen atoms in total.